The van der Waals surface area contributed by atoms with Crippen molar-refractivity contribution in [3.8, 4) is 12.8 Å². The number of alkyl halides is 3. The Bertz CT molecular complexity index is 618. The van der Waals surface area contributed by atoms with Gasteiger partial charge in [0.15, 0.2) is 0 Å². The van der Waals surface area contributed by atoms with Gasteiger partial charge in [-0.1, -0.05) is 86.0 Å². The van der Waals surface area contributed by atoms with Crippen LogP contribution in [0.4, 0.5) is 13.2 Å². The van der Waals surface area contributed by atoms with Crippen molar-refractivity contribution in [3.05, 3.63) is 35.5 Å². The highest BCUT2D eigenvalue weighted by atomic mass is 19.4. The molecule has 0 spiro atoms. The second-order valence-corrected chi connectivity index (χ2v) is 6.49. The molecule has 0 aliphatic heterocycles. The van der Waals surface area contributed by atoms with E-state index in [-0.39, 0.29) is 31.5 Å². The molecule has 37 heavy (non-hydrogen) atoms. The van der Waals surface area contributed by atoms with Gasteiger partial charge >= 0.3 is 6.18 Å². The van der Waals surface area contributed by atoms with Crippen molar-refractivity contribution in [2.24, 2.45) is 4.99 Å². The summed E-state index contributed by atoms with van der Waals surface area (Å²) in [5.74, 6) is 0.232. The number of halogens is 3. The van der Waals surface area contributed by atoms with Crippen LogP contribution in [0, 0.1) is 12.8 Å². The number of aliphatic hydroxyl groups excluding tert-OH is 1. The Morgan fingerprint density at radius 1 is 1.08 bits per heavy atom. The fourth-order valence-electron chi connectivity index (χ4n) is 2.62. The molecule has 0 unspecified atom stereocenters. The van der Waals surface area contributed by atoms with E-state index in [1.165, 1.54) is 26.4 Å². The molecule has 0 bridgehead atoms. The van der Waals surface area contributed by atoms with Crippen LogP contribution in [-0.4, -0.2) is 49.9 Å². The van der Waals surface area contributed by atoms with Crippen molar-refractivity contribution in [2.45, 2.75) is 106 Å². The van der Waals surface area contributed by atoms with Gasteiger partial charge in [-0.3, -0.25) is 4.79 Å². The number of carbonyl (C=O) groups excluding carboxylic acids is 1. The summed E-state index contributed by atoms with van der Waals surface area (Å²) < 4.78 is 43.6. The molecule has 0 aromatic carbocycles. The topological polar surface area (TPSA) is 70.9 Å². The molecule has 1 rings (SSSR count). The minimum absolute atomic E-state index is 0.0190. The van der Waals surface area contributed by atoms with Crippen LogP contribution in [0.1, 0.15) is 93.9 Å². The zero-order valence-electron chi connectivity index (χ0n) is 24.6. The number of nitrogens with zero attached hydrogens (tertiary/aromatic N) is 1. The molecule has 0 aromatic heterocycles. The molecule has 1 aliphatic carbocycles. The summed E-state index contributed by atoms with van der Waals surface area (Å²) in [6, 6.07) is 0. The summed E-state index contributed by atoms with van der Waals surface area (Å²) in [7, 11) is 1.38. The Morgan fingerprint density at radius 3 is 1.92 bits per heavy atom. The van der Waals surface area contributed by atoms with Crippen LogP contribution in [0.2, 0.25) is 0 Å². The van der Waals surface area contributed by atoms with Gasteiger partial charge in [0.05, 0.1) is 31.9 Å². The van der Waals surface area contributed by atoms with E-state index in [4.69, 9.17) is 9.84 Å². The van der Waals surface area contributed by atoms with Gasteiger partial charge in [0.25, 0.3) is 0 Å². The maximum Gasteiger partial charge on any atom is 0.416 e. The van der Waals surface area contributed by atoms with Crippen LogP contribution < -0.4 is 5.32 Å². The Labute approximate surface area is 225 Å². The van der Waals surface area contributed by atoms with E-state index in [1.54, 1.807) is 26.0 Å². The van der Waals surface area contributed by atoms with Gasteiger partial charge in [0.1, 0.15) is 0 Å². The Morgan fingerprint density at radius 2 is 1.59 bits per heavy atom. The van der Waals surface area contributed by atoms with Gasteiger partial charge in [-0.05, 0) is 37.8 Å². The fraction of sp³-hybridized carbons (Fsp3) is 0.655. The Balaban J connectivity index is -0.000000186. The van der Waals surface area contributed by atoms with Crippen LogP contribution in [0.25, 0.3) is 0 Å². The maximum atomic E-state index is 12.9. The van der Waals surface area contributed by atoms with Crippen molar-refractivity contribution < 1.29 is 27.8 Å². The zero-order valence-corrected chi connectivity index (χ0v) is 24.6. The third-order valence-corrected chi connectivity index (χ3v) is 4.06. The van der Waals surface area contributed by atoms with Gasteiger partial charge in [-0.25, -0.2) is 4.99 Å². The molecule has 1 fully saturated rings. The number of carbonyl (C=O) groups is 1. The van der Waals surface area contributed by atoms with E-state index >= 15 is 0 Å². The normalized spacial score (nSPS) is 13.9. The summed E-state index contributed by atoms with van der Waals surface area (Å²) in [4.78, 5) is 14.3. The molecule has 0 atom stereocenters. The maximum absolute atomic E-state index is 12.9. The van der Waals surface area contributed by atoms with E-state index in [2.05, 4.69) is 23.2 Å². The molecule has 0 aromatic rings. The number of aliphatic hydroxyl groups is 1. The second kappa shape index (κ2) is 35.6. The van der Waals surface area contributed by atoms with Crippen LogP contribution in [0.15, 0.2) is 40.4 Å². The molecule has 5 nitrogen and oxygen atoms in total. The van der Waals surface area contributed by atoms with Gasteiger partial charge in [-0.15, -0.1) is 12.8 Å². The van der Waals surface area contributed by atoms with E-state index in [0.717, 1.165) is 25.0 Å². The number of rotatable bonds is 8. The van der Waals surface area contributed by atoms with Crippen molar-refractivity contribution in [2.75, 3.05) is 20.2 Å². The lowest BCUT2D eigenvalue weighted by atomic mass is 9.98. The first-order valence-corrected chi connectivity index (χ1v) is 13.1. The van der Waals surface area contributed by atoms with E-state index in [9.17, 15) is 18.0 Å². The molecule has 1 amide bonds. The average Bonchev–Trinajstić information content (AvgIpc) is 2.93. The van der Waals surface area contributed by atoms with E-state index in [1.807, 2.05) is 41.5 Å². The highest BCUT2D eigenvalue weighted by molar-refractivity contribution is 5.80. The summed E-state index contributed by atoms with van der Waals surface area (Å²) >= 11 is 0. The fourth-order valence-corrected chi connectivity index (χ4v) is 2.62. The number of ether oxygens (including phenoxy) is 1. The van der Waals surface area contributed by atoms with Gasteiger partial charge in [0.2, 0.25) is 12.3 Å². The van der Waals surface area contributed by atoms with Gasteiger partial charge < -0.3 is 15.2 Å². The lowest BCUT2D eigenvalue weighted by Gasteiger charge is -2.14. The number of hydrogen-bond donors (Lipinski definition) is 2. The number of amides is 1. The molecule has 1 saturated carbocycles. The number of methoxy groups -OCH3 is 1. The summed E-state index contributed by atoms with van der Waals surface area (Å²) in [5, 5.41) is 11.3. The van der Waals surface area contributed by atoms with Crippen LogP contribution in [-0.2, 0) is 9.53 Å². The highest BCUT2D eigenvalue weighted by Gasteiger charge is 2.31. The second-order valence-electron chi connectivity index (χ2n) is 6.49. The zero-order chi connectivity index (χ0) is 30.1. The lowest BCUT2D eigenvalue weighted by molar-refractivity contribution is -0.109. The molecule has 218 valence electrons. The largest absolute Gasteiger partial charge is 0.483 e. The van der Waals surface area contributed by atoms with Gasteiger partial charge in [0, 0.05) is 0 Å². The first kappa shape index (κ1) is 44.5. The molecule has 2 N–H and O–H groups in total. The van der Waals surface area contributed by atoms with Crippen LogP contribution in [0.5, 0.6) is 0 Å². The molecular weight excluding hydrogens is 481 g/mol. The van der Waals surface area contributed by atoms with Crippen molar-refractivity contribution >= 4 is 12.3 Å². The summed E-state index contributed by atoms with van der Waals surface area (Å²) in [6.45, 7) is 15.5. The molecule has 1 aliphatic rings. The molecule has 0 saturated heterocycles. The Hall–Kier alpha value is -2.53. The van der Waals surface area contributed by atoms with Crippen molar-refractivity contribution in [1.29, 1.82) is 0 Å². The van der Waals surface area contributed by atoms with E-state index in [0.29, 0.717) is 12.0 Å². The minimum Gasteiger partial charge on any atom is -0.483 e. The first-order chi connectivity index (χ1) is 17.8. The molecular formula is C29H53F3N2O3. The highest BCUT2D eigenvalue weighted by Crippen LogP contribution is 2.28. The summed E-state index contributed by atoms with van der Waals surface area (Å²) in [6.07, 6.45) is 15.7. The number of terminal acetylenes is 1. The smallest absolute Gasteiger partial charge is 0.416 e. The number of aliphatic imine (C=N–C) groups is 1. The minimum atomic E-state index is -4.41. The quantitative estimate of drug-likeness (QED) is 0.110. The standard InChI is InChI=1S/C15H21F3N2O2.C6H12O.3C2H6.C2H2/c1-4-6-12(8-13(7-5-2)15(16,17)18)9-20-14(22-3)10-19-11-21;7-6-4-2-1-3-5-6;4*1-2/h4,6-8,11H,5,9-10H2,1-3H3,(H,19,21);6-7H,1-5H2;3*1-2H3;1-2H/b6-4-,12-8+,13-7-,20-14?;;;;;. The Kier molecular flexibility index (Phi) is 42.8. The number of hydrogen-bond acceptors (Lipinski definition) is 4. The lowest BCUT2D eigenvalue weighted by Crippen LogP contribution is -2.23. The van der Waals surface area contributed by atoms with Crippen molar-refractivity contribution in [1.82, 2.24) is 5.32 Å². The molecule has 0 heterocycles. The average molecular weight is 535 g/mol. The molecule has 0 radical (unpaired) electrons. The number of nitrogens with one attached hydrogen (secondary N) is 1. The van der Waals surface area contributed by atoms with Crippen LogP contribution in [0.3, 0.4) is 0 Å². The predicted octanol–water partition coefficient (Wildman–Crippen LogP) is 7.82. The van der Waals surface area contributed by atoms with Crippen molar-refractivity contribution in [3.63, 3.8) is 0 Å². The third kappa shape index (κ3) is 31.4. The van der Waals surface area contributed by atoms with E-state index < -0.39 is 11.7 Å². The third-order valence-electron chi connectivity index (χ3n) is 4.06. The summed E-state index contributed by atoms with van der Waals surface area (Å²) in [5.41, 5.74) is -0.316. The number of allylic oxidation sites excluding steroid dienone is 4. The first-order valence-electron chi connectivity index (χ1n) is 13.1. The van der Waals surface area contributed by atoms with Gasteiger partial charge in [-0.2, -0.15) is 13.2 Å². The SMILES string of the molecule is C#C.CC.CC.CC.C\C=C/C(=C\C(=C\CC)C(F)(F)F)CN=C(CNC=O)OC.OC1CCCCC1. The molecule has 8 heteroatoms. The monoisotopic (exact) mass is 534 g/mol. The predicted molar refractivity (Wildman–Crippen MR) is 154 cm³/mol. The van der Waals surface area contributed by atoms with Crippen LogP contribution >= 0.6 is 0 Å².